The summed E-state index contributed by atoms with van der Waals surface area (Å²) in [6, 6.07) is 7.78. The minimum absolute atomic E-state index is 0.414. The average Bonchev–Trinajstić information content (AvgIpc) is 2.66. The van der Waals surface area contributed by atoms with E-state index in [9.17, 15) is 4.79 Å². The Morgan fingerprint density at radius 3 is 3.06 bits per heavy atom. The number of carboxylic acid groups (broad SMARTS) is 1. The normalized spacial score (nSPS) is 10.5. The van der Waals surface area contributed by atoms with E-state index in [4.69, 9.17) is 5.11 Å². The number of fused-ring (bicyclic) bond motifs is 1. The van der Waals surface area contributed by atoms with Gasteiger partial charge in [-0.3, -0.25) is 0 Å². The Hall–Kier alpha value is -1.69. The maximum absolute atomic E-state index is 10.2. The summed E-state index contributed by atoms with van der Waals surface area (Å²) >= 11 is 1.50. The van der Waals surface area contributed by atoms with Crippen LogP contribution in [0.3, 0.4) is 0 Å². The lowest BCUT2D eigenvalue weighted by Crippen LogP contribution is -2.23. The molecule has 1 heterocycles. The van der Waals surface area contributed by atoms with E-state index in [1.54, 1.807) is 0 Å². The quantitative estimate of drug-likeness (QED) is 0.561. The van der Waals surface area contributed by atoms with Crippen molar-refractivity contribution in [3.63, 3.8) is 0 Å². The van der Waals surface area contributed by atoms with Crippen molar-refractivity contribution >= 4 is 28.9 Å². The molecule has 2 rings (SSSR count). The van der Waals surface area contributed by atoms with Gasteiger partial charge in [-0.05, 0) is 12.1 Å². The highest BCUT2D eigenvalue weighted by Crippen LogP contribution is 2.18. The molecule has 1 aromatic carbocycles. The second kappa shape index (κ2) is 4.89. The van der Waals surface area contributed by atoms with Gasteiger partial charge >= 0.3 is 6.09 Å². The molecule has 0 saturated carbocycles. The van der Waals surface area contributed by atoms with Crippen LogP contribution in [0.4, 0.5) is 4.79 Å². The first-order valence-electron chi connectivity index (χ1n) is 4.80. The number of benzene rings is 1. The summed E-state index contributed by atoms with van der Waals surface area (Å²) in [7, 11) is 0. The van der Waals surface area contributed by atoms with Crippen LogP contribution in [-0.2, 0) is 0 Å². The van der Waals surface area contributed by atoms with Crippen molar-refractivity contribution in [2.75, 3.05) is 12.3 Å². The van der Waals surface area contributed by atoms with Gasteiger partial charge in [0.1, 0.15) is 0 Å². The molecule has 0 unspecified atom stereocenters. The van der Waals surface area contributed by atoms with E-state index in [-0.39, 0.29) is 0 Å². The second-order valence-corrected chi connectivity index (χ2v) is 4.22. The number of amides is 1. The summed E-state index contributed by atoms with van der Waals surface area (Å²) in [5.74, 6) is 0.659. The van der Waals surface area contributed by atoms with E-state index in [1.165, 1.54) is 11.8 Å². The molecule has 1 aromatic heterocycles. The molecule has 0 spiro atoms. The maximum atomic E-state index is 10.2. The molecule has 3 N–H and O–H groups in total. The predicted molar refractivity (Wildman–Crippen MR) is 62.8 cm³/mol. The minimum atomic E-state index is -0.995. The number of thioether (sulfide) groups is 1. The topological polar surface area (TPSA) is 78.0 Å². The van der Waals surface area contributed by atoms with Gasteiger partial charge < -0.3 is 15.4 Å². The van der Waals surface area contributed by atoms with E-state index in [0.29, 0.717) is 12.3 Å². The summed E-state index contributed by atoms with van der Waals surface area (Å²) in [5, 5.41) is 11.5. The van der Waals surface area contributed by atoms with Gasteiger partial charge in [0.15, 0.2) is 5.16 Å². The fourth-order valence-electron chi connectivity index (χ4n) is 1.30. The zero-order valence-electron chi connectivity index (χ0n) is 8.43. The Kier molecular flexibility index (Phi) is 3.31. The van der Waals surface area contributed by atoms with Gasteiger partial charge in [0.25, 0.3) is 0 Å². The van der Waals surface area contributed by atoms with Gasteiger partial charge in [-0.2, -0.15) is 0 Å². The lowest BCUT2D eigenvalue weighted by atomic mass is 10.3. The van der Waals surface area contributed by atoms with E-state index >= 15 is 0 Å². The molecule has 0 saturated heterocycles. The van der Waals surface area contributed by atoms with Crippen molar-refractivity contribution in [3.8, 4) is 0 Å². The zero-order valence-corrected chi connectivity index (χ0v) is 9.25. The number of imidazole rings is 1. The van der Waals surface area contributed by atoms with Crippen LogP contribution in [0.5, 0.6) is 0 Å². The molecule has 0 fully saturated rings. The van der Waals surface area contributed by atoms with Gasteiger partial charge in [-0.25, -0.2) is 9.78 Å². The third-order valence-corrected chi connectivity index (χ3v) is 2.86. The fourth-order valence-corrected chi connectivity index (χ4v) is 2.05. The van der Waals surface area contributed by atoms with Crippen LogP contribution in [0.25, 0.3) is 11.0 Å². The molecule has 0 bridgehead atoms. The van der Waals surface area contributed by atoms with Crippen LogP contribution < -0.4 is 5.32 Å². The predicted octanol–water partition coefficient (Wildman–Crippen LogP) is 1.92. The van der Waals surface area contributed by atoms with Crippen molar-refractivity contribution < 1.29 is 9.90 Å². The molecular weight excluding hydrogens is 226 g/mol. The summed E-state index contributed by atoms with van der Waals surface area (Å²) < 4.78 is 0. The maximum Gasteiger partial charge on any atom is 0.404 e. The summed E-state index contributed by atoms with van der Waals surface area (Å²) in [5.41, 5.74) is 1.92. The SMILES string of the molecule is O=C(O)NCCSc1nc2ccccc2[nH]1. The minimum Gasteiger partial charge on any atom is -0.465 e. The van der Waals surface area contributed by atoms with Crippen LogP contribution in [0.1, 0.15) is 0 Å². The number of rotatable bonds is 4. The third-order valence-electron chi connectivity index (χ3n) is 1.98. The highest BCUT2D eigenvalue weighted by molar-refractivity contribution is 7.99. The average molecular weight is 237 g/mol. The molecule has 0 aliphatic heterocycles. The smallest absolute Gasteiger partial charge is 0.404 e. The molecule has 6 heteroatoms. The molecule has 2 aromatic rings. The Bertz CT molecular complexity index is 465. The number of hydrogen-bond acceptors (Lipinski definition) is 3. The number of nitrogens with one attached hydrogen (secondary N) is 2. The van der Waals surface area contributed by atoms with Crippen LogP contribution in [-0.4, -0.2) is 33.5 Å². The van der Waals surface area contributed by atoms with E-state index in [1.807, 2.05) is 24.3 Å². The molecule has 16 heavy (non-hydrogen) atoms. The van der Waals surface area contributed by atoms with Crippen LogP contribution in [0.2, 0.25) is 0 Å². The standard InChI is InChI=1S/C10H11N3O2S/c14-10(15)11-5-6-16-9-12-7-3-1-2-4-8(7)13-9/h1-4,11H,5-6H2,(H,12,13)(H,14,15). The van der Waals surface area contributed by atoms with Crippen LogP contribution in [0, 0.1) is 0 Å². The van der Waals surface area contributed by atoms with Gasteiger partial charge in [-0.15, -0.1) is 0 Å². The number of para-hydroxylation sites is 2. The number of hydrogen-bond donors (Lipinski definition) is 3. The van der Waals surface area contributed by atoms with E-state index in [0.717, 1.165) is 16.2 Å². The monoisotopic (exact) mass is 237 g/mol. The molecule has 84 valence electrons. The first-order valence-corrected chi connectivity index (χ1v) is 5.78. The lowest BCUT2D eigenvalue weighted by Gasteiger charge is -1.97. The van der Waals surface area contributed by atoms with Crippen molar-refractivity contribution in [2.45, 2.75) is 5.16 Å². The van der Waals surface area contributed by atoms with Gasteiger partial charge in [-0.1, -0.05) is 23.9 Å². The van der Waals surface area contributed by atoms with Crippen molar-refractivity contribution in [3.05, 3.63) is 24.3 Å². The number of aromatic nitrogens is 2. The Morgan fingerprint density at radius 2 is 2.31 bits per heavy atom. The largest absolute Gasteiger partial charge is 0.465 e. The summed E-state index contributed by atoms with van der Waals surface area (Å²) in [6.45, 7) is 0.414. The first-order chi connectivity index (χ1) is 7.75. The van der Waals surface area contributed by atoms with Gasteiger partial charge in [0.05, 0.1) is 11.0 Å². The first kappa shape index (κ1) is 10.8. The van der Waals surface area contributed by atoms with Crippen molar-refractivity contribution in [2.24, 2.45) is 0 Å². The summed E-state index contributed by atoms with van der Waals surface area (Å²) in [4.78, 5) is 17.7. The molecule has 0 atom stereocenters. The Labute approximate surface area is 96.3 Å². The molecule has 0 aliphatic rings. The van der Waals surface area contributed by atoms with E-state index < -0.39 is 6.09 Å². The zero-order chi connectivity index (χ0) is 11.4. The molecule has 0 radical (unpaired) electrons. The fraction of sp³-hybridized carbons (Fsp3) is 0.200. The van der Waals surface area contributed by atoms with Crippen molar-refractivity contribution in [1.29, 1.82) is 0 Å². The molecule has 5 nitrogen and oxygen atoms in total. The highest BCUT2D eigenvalue weighted by atomic mass is 32.2. The number of aromatic amines is 1. The highest BCUT2D eigenvalue weighted by Gasteiger charge is 2.02. The van der Waals surface area contributed by atoms with Crippen molar-refractivity contribution in [1.82, 2.24) is 15.3 Å². The molecule has 0 aliphatic carbocycles. The number of carbonyl (C=O) groups is 1. The molecule has 1 amide bonds. The summed E-state index contributed by atoms with van der Waals surface area (Å²) in [6.07, 6.45) is -0.995. The number of H-pyrrole nitrogens is 1. The lowest BCUT2D eigenvalue weighted by molar-refractivity contribution is 0.195. The second-order valence-electron chi connectivity index (χ2n) is 3.14. The Morgan fingerprint density at radius 1 is 1.50 bits per heavy atom. The molecular formula is C10H11N3O2S. The van der Waals surface area contributed by atoms with Gasteiger partial charge in [0.2, 0.25) is 0 Å². The third kappa shape index (κ3) is 2.66. The van der Waals surface area contributed by atoms with Crippen LogP contribution in [0.15, 0.2) is 29.4 Å². The van der Waals surface area contributed by atoms with Gasteiger partial charge in [0, 0.05) is 12.3 Å². The van der Waals surface area contributed by atoms with E-state index in [2.05, 4.69) is 15.3 Å². The van der Waals surface area contributed by atoms with Crippen LogP contribution >= 0.6 is 11.8 Å². The Balaban J connectivity index is 1.92. The number of nitrogens with zero attached hydrogens (tertiary/aromatic N) is 1.